The smallest absolute Gasteiger partial charge is 0.147 e. The summed E-state index contributed by atoms with van der Waals surface area (Å²) in [6.07, 6.45) is 1.86. The van der Waals surface area contributed by atoms with Gasteiger partial charge in [-0.1, -0.05) is 18.2 Å². The number of thiophene rings is 1. The summed E-state index contributed by atoms with van der Waals surface area (Å²) in [5, 5.41) is 2.04. The van der Waals surface area contributed by atoms with E-state index < -0.39 is 0 Å². The van der Waals surface area contributed by atoms with Crippen LogP contribution in [-0.2, 0) is 0 Å². The molecule has 1 aromatic heterocycles. The molecule has 1 aromatic carbocycles. The van der Waals surface area contributed by atoms with Crippen molar-refractivity contribution in [1.29, 1.82) is 0 Å². The number of hydrogen-bond donors (Lipinski definition) is 0. The molecule has 2 aromatic rings. The minimum atomic E-state index is 0.843. The average Bonchev–Trinajstić information content (AvgIpc) is 2.79. The topological polar surface area (TPSA) is 21.6 Å². The van der Waals surface area contributed by atoms with Gasteiger partial charge < -0.3 is 4.74 Å². The van der Waals surface area contributed by atoms with Crippen LogP contribution in [0.25, 0.3) is 0 Å². The number of hydrogen-bond acceptors (Lipinski definition) is 3. The highest BCUT2D eigenvalue weighted by Crippen LogP contribution is 2.30. The van der Waals surface area contributed by atoms with Gasteiger partial charge in [0.2, 0.25) is 0 Å². The van der Waals surface area contributed by atoms with Gasteiger partial charge in [-0.25, -0.2) is 0 Å². The van der Waals surface area contributed by atoms with Crippen LogP contribution in [0.5, 0.6) is 5.75 Å². The van der Waals surface area contributed by atoms with Gasteiger partial charge in [-0.3, -0.25) is 4.99 Å². The zero-order chi connectivity index (χ0) is 11.4. The van der Waals surface area contributed by atoms with Crippen LogP contribution < -0.4 is 4.74 Å². The van der Waals surface area contributed by atoms with Gasteiger partial charge in [-0.05, 0) is 30.0 Å². The summed E-state index contributed by atoms with van der Waals surface area (Å²) in [6.45, 7) is 2.02. The first kappa shape index (κ1) is 10.9. The van der Waals surface area contributed by atoms with Crippen molar-refractivity contribution in [3.63, 3.8) is 0 Å². The maximum atomic E-state index is 5.34. The maximum Gasteiger partial charge on any atom is 0.147 e. The van der Waals surface area contributed by atoms with E-state index in [2.05, 4.69) is 4.99 Å². The summed E-state index contributed by atoms with van der Waals surface area (Å²) in [5.41, 5.74) is 1.97. The number of methoxy groups -OCH3 is 1. The predicted molar refractivity (Wildman–Crippen MR) is 69.3 cm³/mol. The number of benzene rings is 1. The molecule has 0 bridgehead atoms. The van der Waals surface area contributed by atoms with Crippen LogP contribution in [-0.4, -0.2) is 13.3 Å². The van der Waals surface area contributed by atoms with E-state index in [1.165, 1.54) is 0 Å². The monoisotopic (exact) mass is 231 g/mol. The average molecular weight is 231 g/mol. The van der Waals surface area contributed by atoms with Gasteiger partial charge in [0.15, 0.2) is 0 Å². The van der Waals surface area contributed by atoms with Gasteiger partial charge in [0.05, 0.1) is 7.11 Å². The van der Waals surface area contributed by atoms with Gasteiger partial charge in [0.1, 0.15) is 11.4 Å². The second-order valence-corrected chi connectivity index (χ2v) is 4.38. The number of para-hydroxylation sites is 1. The first-order chi connectivity index (χ1) is 7.81. The molecule has 0 aliphatic rings. The van der Waals surface area contributed by atoms with Gasteiger partial charge in [0, 0.05) is 11.1 Å². The molecule has 0 fully saturated rings. The van der Waals surface area contributed by atoms with Crippen LogP contribution in [0.3, 0.4) is 0 Å². The van der Waals surface area contributed by atoms with Gasteiger partial charge in [0.25, 0.3) is 0 Å². The van der Waals surface area contributed by atoms with Crippen LogP contribution in [0.15, 0.2) is 40.7 Å². The molecule has 2 nitrogen and oxygen atoms in total. The van der Waals surface area contributed by atoms with Crippen LogP contribution in [0, 0.1) is 6.92 Å². The van der Waals surface area contributed by atoms with Gasteiger partial charge >= 0.3 is 0 Å². The Kier molecular flexibility index (Phi) is 3.37. The fourth-order valence-electron chi connectivity index (χ4n) is 1.50. The van der Waals surface area contributed by atoms with Crippen molar-refractivity contribution in [2.75, 3.05) is 7.11 Å². The molecule has 82 valence electrons. The van der Waals surface area contributed by atoms with Crippen LogP contribution in [0.1, 0.15) is 10.4 Å². The Balaban J connectivity index is 2.31. The first-order valence-electron chi connectivity index (χ1n) is 5.02. The van der Waals surface area contributed by atoms with Crippen LogP contribution >= 0.6 is 11.3 Å². The van der Waals surface area contributed by atoms with E-state index in [9.17, 15) is 0 Å². The molecule has 0 aliphatic carbocycles. The third kappa shape index (κ3) is 2.31. The fourth-order valence-corrected chi connectivity index (χ4v) is 2.09. The van der Waals surface area contributed by atoms with Crippen molar-refractivity contribution >= 4 is 23.2 Å². The fraction of sp³-hybridized carbons (Fsp3) is 0.154. The Morgan fingerprint density at radius 3 is 2.81 bits per heavy atom. The van der Waals surface area contributed by atoms with Gasteiger partial charge in [-0.2, -0.15) is 0 Å². The SMILES string of the molecule is COc1c(C)cccc1N=Cc1cccs1. The molecule has 0 spiro atoms. The normalized spacial score (nSPS) is 10.9. The lowest BCUT2D eigenvalue weighted by Gasteiger charge is -2.06. The molecule has 3 heteroatoms. The molecule has 0 saturated carbocycles. The molecule has 0 amide bonds. The molecule has 0 atom stereocenters. The summed E-state index contributed by atoms with van der Waals surface area (Å²) in [7, 11) is 1.67. The molecule has 2 rings (SSSR count). The van der Waals surface area contributed by atoms with Crippen molar-refractivity contribution in [1.82, 2.24) is 0 Å². The van der Waals surface area contributed by atoms with Crippen LogP contribution in [0.2, 0.25) is 0 Å². The summed E-state index contributed by atoms with van der Waals surface area (Å²) in [4.78, 5) is 5.58. The second kappa shape index (κ2) is 4.94. The highest BCUT2D eigenvalue weighted by Gasteiger charge is 2.03. The first-order valence-corrected chi connectivity index (χ1v) is 5.90. The zero-order valence-electron chi connectivity index (χ0n) is 9.31. The third-order valence-corrected chi connectivity index (χ3v) is 3.08. The summed E-state index contributed by atoms with van der Waals surface area (Å²) in [6, 6.07) is 10.0. The van der Waals surface area contributed by atoms with E-state index in [1.54, 1.807) is 18.4 Å². The largest absolute Gasteiger partial charge is 0.494 e. The molecule has 0 unspecified atom stereocenters. The Morgan fingerprint density at radius 1 is 1.25 bits per heavy atom. The summed E-state index contributed by atoms with van der Waals surface area (Å²) in [5.74, 6) is 0.843. The lowest BCUT2D eigenvalue weighted by molar-refractivity contribution is 0.413. The van der Waals surface area contributed by atoms with E-state index in [-0.39, 0.29) is 0 Å². The molecular weight excluding hydrogens is 218 g/mol. The van der Waals surface area contributed by atoms with E-state index in [1.807, 2.05) is 48.9 Å². The van der Waals surface area contributed by atoms with E-state index in [0.717, 1.165) is 21.9 Å². The highest BCUT2D eigenvalue weighted by molar-refractivity contribution is 7.11. The van der Waals surface area contributed by atoms with Crippen molar-refractivity contribution < 1.29 is 4.74 Å². The quantitative estimate of drug-likeness (QED) is 0.736. The summed E-state index contributed by atoms with van der Waals surface area (Å²) < 4.78 is 5.34. The van der Waals surface area contributed by atoms with Gasteiger partial charge in [-0.15, -0.1) is 11.3 Å². The molecule has 0 saturated heterocycles. The van der Waals surface area contributed by atoms with E-state index in [4.69, 9.17) is 4.74 Å². The number of rotatable bonds is 3. The minimum absolute atomic E-state index is 0.843. The lowest BCUT2D eigenvalue weighted by atomic mass is 10.2. The Morgan fingerprint density at radius 2 is 2.12 bits per heavy atom. The molecule has 16 heavy (non-hydrogen) atoms. The number of aliphatic imine (C=N–C) groups is 1. The molecule has 1 heterocycles. The Bertz CT molecular complexity index is 489. The number of ether oxygens (including phenoxy) is 1. The summed E-state index contributed by atoms with van der Waals surface area (Å²) >= 11 is 1.67. The minimum Gasteiger partial charge on any atom is -0.494 e. The number of aryl methyl sites for hydroxylation is 1. The van der Waals surface area contributed by atoms with Crippen LogP contribution in [0.4, 0.5) is 5.69 Å². The van der Waals surface area contributed by atoms with E-state index >= 15 is 0 Å². The third-order valence-electron chi connectivity index (χ3n) is 2.27. The van der Waals surface area contributed by atoms with Crippen molar-refractivity contribution in [3.8, 4) is 5.75 Å². The molecule has 0 aliphatic heterocycles. The predicted octanol–water partition coefficient (Wildman–Crippen LogP) is 3.82. The lowest BCUT2D eigenvalue weighted by Crippen LogP contribution is -1.87. The zero-order valence-corrected chi connectivity index (χ0v) is 10.1. The number of nitrogens with zero attached hydrogens (tertiary/aromatic N) is 1. The molecule has 0 N–H and O–H groups in total. The standard InChI is InChI=1S/C13H13NOS/c1-10-5-3-7-12(13(10)15-2)14-9-11-6-4-8-16-11/h3-9H,1-2H3. The maximum absolute atomic E-state index is 5.34. The Hall–Kier alpha value is -1.61. The van der Waals surface area contributed by atoms with Crippen molar-refractivity contribution in [3.05, 3.63) is 46.2 Å². The van der Waals surface area contributed by atoms with E-state index in [0.29, 0.717) is 0 Å². The molecule has 0 radical (unpaired) electrons. The Labute approximate surface area is 99.2 Å². The highest BCUT2D eigenvalue weighted by atomic mass is 32.1. The second-order valence-electron chi connectivity index (χ2n) is 3.40. The van der Waals surface area contributed by atoms with Crippen molar-refractivity contribution in [2.45, 2.75) is 6.92 Å². The molecular formula is C13H13NOS. The van der Waals surface area contributed by atoms with Crippen molar-refractivity contribution in [2.24, 2.45) is 4.99 Å².